The first-order valence-corrected chi connectivity index (χ1v) is 13.8. The second-order valence-electron chi connectivity index (χ2n) is 10.2. The highest BCUT2D eigenvalue weighted by molar-refractivity contribution is 7.97. The Kier molecular flexibility index (Phi) is 5.70. The van der Waals surface area contributed by atoms with Crippen LogP contribution >= 0.6 is 0 Å². The molecule has 0 radical (unpaired) electrons. The van der Waals surface area contributed by atoms with Crippen molar-refractivity contribution in [2.75, 3.05) is 0 Å². The molecule has 3 unspecified atom stereocenters. The normalized spacial score (nSPS) is 25.6. The van der Waals surface area contributed by atoms with E-state index in [1.807, 2.05) is 18.2 Å². The van der Waals surface area contributed by atoms with Crippen molar-refractivity contribution in [2.24, 2.45) is 17.8 Å². The van der Waals surface area contributed by atoms with Gasteiger partial charge in [0.1, 0.15) is 5.60 Å². The molecule has 3 saturated carbocycles. The molecule has 6 rings (SSSR count). The number of rotatable bonds is 6. The van der Waals surface area contributed by atoms with Crippen molar-refractivity contribution >= 4 is 10.9 Å². The van der Waals surface area contributed by atoms with Crippen LogP contribution in [0.15, 0.2) is 93.5 Å². The van der Waals surface area contributed by atoms with Gasteiger partial charge in [0.15, 0.2) is 26.3 Å². The van der Waals surface area contributed by atoms with E-state index in [2.05, 4.69) is 54.6 Å². The van der Waals surface area contributed by atoms with Gasteiger partial charge in [-0.25, -0.2) is 4.39 Å². The number of ether oxygens (including phenoxy) is 1. The summed E-state index contributed by atoms with van der Waals surface area (Å²) >= 11 is 0. The molecule has 3 fully saturated rings. The highest BCUT2D eigenvalue weighted by atomic mass is 32.2. The number of hydrogen-bond donors (Lipinski definition) is 0. The summed E-state index contributed by atoms with van der Waals surface area (Å²) in [5, 5.41) is 0. The van der Waals surface area contributed by atoms with Gasteiger partial charge in [0, 0.05) is 12.0 Å². The summed E-state index contributed by atoms with van der Waals surface area (Å²) in [6.07, 6.45) is 9.98. The Labute approximate surface area is 199 Å². The predicted octanol–water partition coefficient (Wildman–Crippen LogP) is 8.05. The number of fused-ring (bicyclic) bond motifs is 2. The van der Waals surface area contributed by atoms with Crippen LogP contribution in [0.5, 0.6) is 5.75 Å². The molecular weight excluding hydrogens is 427 g/mol. The van der Waals surface area contributed by atoms with Crippen LogP contribution < -0.4 is 4.74 Å². The Morgan fingerprint density at radius 1 is 0.758 bits per heavy atom. The van der Waals surface area contributed by atoms with Gasteiger partial charge in [-0.15, -0.1) is 0 Å². The molecule has 33 heavy (non-hydrogen) atoms. The van der Waals surface area contributed by atoms with Crippen LogP contribution in [-0.4, -0.2) is 5.60 Å². The van der Waals surface area contributed by atoms with Crippen LogP contribution in [0.3, 0.4) is 0 Å². The molecule has 0 N–H and O–H groups in total. The molecule has 0 spiro atoms. The summed E-state index contributed by atoms with van der Waals surface area (Å²) in [5.41, 5.74) is -0.150. The van der Waals surface area contributed by atoms with E-state index in [0.717, 1.165) is 29.6 Å². The molecule has 0 aliphatic heterocycles. The third-order valence-corrected chi connectivity index (χ3v) is 10.5. The third-order valence-electron chi connectivity index (χ3n) is 8.27. The second-order valence-corrected chi connectivity index (χ2v) is 12.2. The number of benzene rings is 3. The monoisotopic (exact) mass is 459 g/mol. The average Bonchev–Trinajstić information content (AvgIpc) is 3.61. The largest absolute Gasteiger partial charge is 0.484 e. The molecule has 3 heteroatoms. The fourth-order valence-electron chi connectivity index (χ4n) is 6.84. The van der Waals surface area contributed by atoms with Gasteiger partial charge in [-0.1, -0.05) is 42.8 Å². The van der Waals surface area contributed by atoms with Gasteiger partial charge in [-0.3, -0.25) is 0 Å². The van der Waals surface area contributed by atoms with E-state index in [4.69, 9.17) is 4.74 Å². The maximum absolute atomic E-state index is 15.6. The Morgan fingerprint density at radius 3 is 1.97 bits per heavy atom. The van der Waals surface area contributed by atoms with Crippen molar-refractivity contribution in [3.05, 3.63) is 84.7 Å². The van der Waals surface area contributed by atoms with E-state index in [1.54, 1.807) is 6.07 Å². The lowest BCUT2D eigenvalue weighted by Crippen LogP contribution is -2.44. The Bertz CT molecular complexity index is 1050. The minimum Gasteiger partial charge on any atom is -0.484 e. The molecular formula is C30H32FOS+. The Balaban J connectivity index is 1.32. The van der Waals surface area contributed by atoms with E-state index in [0.29, 0.717) is 11.7 Å². The molecule has 0 saturated heterocycles. The first-order chi connectivity index (χ1) is 16.2. The first-order valence-electron chi connectivity index (χ1n) is 12.5. The average molecular weight is 460 g/mol. The van der Waals surface area contributed by atoms with Crippen molar-refractivity contribution in [3.8, 4) is 5.75 Å². The van der Waals surface area contributed by atoms with Crippen molar-refractivity contribution in [3.63, 3.8) is 0 Å². The summed E-state index contributed by atoms with van der Waals surface area (Å²) in [7, 11) is -0.346. The summed E-state index contributed by atoms with van der Waals surface area (Å²) in [6, 6.07) is 26.6. The molecule has 3 aromatic carbocycles. The molecule has 3 atom stereocenters. The summed E-state index contributed by atoms with van der Waals surface area (Å²) in [5.74, 6) is 2.52. The van der Waals surface area contributed by atoms with Crippen LogP contribution in [0.2, 0.25) is 0 Å². The lowest BCUT2D eigenvalue weighted by molar-refractivity contribution is -0.0136. The van der Waals surface area contributed by atoms with Crippen LogP contribution in [0, 0.1) is 23.6 Å². The highest BCUT2D eigenvalue weighted by Gasteiger charge is 2.53. The highest BCUT2D eigenvalue weighted by Crippen LogP contribution is 2.57. The van der Waals surface area contributed by atoms with E-state index in [9.17, 15) is 0 Å². The SMILES string of the molecule is Fc1cc([S+](c2ccccc2)c2ccccc2)ccc1OC1(C2CC3CCC2C3)CCCC1. The smallest absolute Gasteiger partial charge is 0.170 e. The molecule has 3 aliphatic carbocycles. The maximum atomic E-state index is 15.6. The molecule has 0 amide bonds. The van der Waals surface area contributed by atoms with E-state index >= 15 is 4.39 Å². The minimum absolute atomic E-state index is 0.150. The Hall–Kier alpha value is -2.26. The minimum atomic E-state index is -0.346. The van der Waals surface area contributed by atoms with Crippen molar-refractivity contribution in [1.29, 1.82) is 0 Å². The topological polar surface area (TPSA) is 9.23 Å². The van der Waals surface area contributed by atoms with Gasteiger partial charge in [0.25, 0.3) is 0 Å². The summed E-state index contributed by atoms with van der Waals surface area (Å²) < 4.78 is 22.3. The van der Waals surface area contributed by atoms with Crippen molar-refractivity contribution in [2.45, 2.75) is 71.7 Å². The number of hydrogen-bond acceptors (Lipinski definition) is 1. The van der Waals surface area contributed by atoms with Crippen LogP contribution in [0.25, 0.3) is 0 Å². The molecule has 2 bridgehead atoms. The van der Waals surface area contributed by atoms with E-state index in [-0.39, 0.29) is 22.3 Å². The zero-order valence-corrected chi connectivity index (χ0v) is 19.9. The van der Waals surface area contributed by atoms with E-state index in [1.165, 1.54) is 48.3 Å². The Morgan fingerprint density at radius 2 is 1.42 bits per heavy atom. The third kappa shape index (κ3) is 3.99. The second kappa shape index (κ2) is 8.83. The van der Waals surface area contributed by atoms with E-state index < -0.39 is 0 Å². The van der Waals surface area contributed by atoms with Crippen LogP contribution in [0.1, 0.15) is 51.4 Å². The van der Waals surface area contributed by atoms with Gasteiger partial charge in [-0.2, -0.15) is 0 Å². The molecule has 0 aromatic heterocycles. The van der Waals surface area contributed by atoms with Crippen molar-refractivity contribution < 1.29 is 9.13 Å². The summed E-state index contributed by atoms with van der Waals surface area (Å²) in [6.45, 7) is 0. The molecule has 0 heterocycles. The zero-order chi connectivity index (χ0) is 22.3. The van der Waals surface area contributed by atoms with Gasteiger partial charge < -0.3 is 4.74 Å². The fourth-order valence-corrected chi connectivity index (χ4v) is 8.94. The van der Waals surface area contributed by atoms with Crippen LogP contribution in [-0.2, 0) is 10.9 Å². The van der Waals surface area contributed by atoms with Gasteiger partial charge in [0.2, 0.25) is 0 Å². The lowest BCUT2D eigenvalue weighted by Gasteiger charge is -2.40. The molecule has 3 aliphatic rings. The van der Waals surface area contributed by atoms with Gasteiger partial charge in [0.05, 0.1) is 10.9 Å². The predicted molar refractivity (Wildman–Crippen MR) is 132 cm³/mol. The quantitative estimate of drug-likeness (QED) is 0.339. The molecule has 3 aromatic rings. The first kappa shape index (κ1) is 21.3. The standard InChI is InChI=1S/C30H32FOS/c31-28-21-26(33(24-9-3-1-4-10-24)25-11-5-2-6-12-25)15-16-29(28)32-30(17-7-8-18-30)27-20-22-13-14-23(27)19-22/h1-6,9-12,15-16,21-23,27H,7-8,13-14,17-20H2/q+1. The lowest BCUT2D eigenvalue weighted by atomic mass is 9.75. The maximum Gasteiger partial charge on any atom is 0.170 e. The zero-order valence-electron chi connectivity index (χ0n) is 19.1. The van der Waals surface area contributed by atoms with Gasteiger partial charge in [-0.05, 0) is 93.2 Å². The molecule has 170 valence electrons. The fraction of sp³-hybridized carbons (Fsp3) is 0.400. The van der Waals surface area contributed by atoms with Gasteiger partial charge >= 0.3 is 0 Å². The number of halogens is 1. The van der Waals surface area contributed by atoms with Crippen LogP contribution in [0.4, 0.5) is 4.39 Å². The van der Waals surface area contributed by atoms with Crippen molar-refractivity contribution in [1.82, 2.24) is 0 Å². The summed E-state index contributed by atoms with van der Waals surface area (Å²) in [4.78, 5) is 3.40. The molecule has 1 nitrogen and oxygen atoms in total.